The average molecular weight is 185 g/mol. The summed E-state index contributed by atoms with van der Waals surface area (Å²) in [6, 6.07) is -0.0317. The molecule has 1 rings (SSSR count). The smallest absolute Gasteiger partial charge is 0.317 e. The number of carbonyl (C=O) groups is 2. The number of carbonyl (C=O) groups excluding carboxylic acids is 2. The van der Waals surface area contributed by atoms with Gasteiger partial charge in [-0.05, 0) is 12.8 Å². The number of hydrogen-bond donors (Lipinski definition) is 2. The molecule has 1 heterocycles. The Morgan fingerprint density at radius 1 is 1.62 bits per heavy atom. The highest BCUT2D eigenvalue weighted by molar-refractivity contribution is 5.75. The van der Waals surface area contributed by atoms with Crippen molar-refractivity contribution in [3.8, 4) is 0 Å². The van der Waals surface area contributed by atoms with Crippen molar-refractivity contribution in [3.05, 3.63) is 0 Å². The van der Waals surface area contributed by atoms with Crippen molar-refractivity contribution in [1.29, 1.82) is 0 Å². The maximum absolute atomic E-state index is 11.2. The Balaban J connectivity index is 2.19. The van der Waals surface area contributed by atoms with E-state index in [1.165, 1.54) is 0 Å². The van der Waals surface area contributed by atoms with Crippen LogP contribution >= 0.6 is 0 Å². The molecule has 1 aliphatic heterocycles. The Kier molecular flexibility index (Phi) is 3.54. The summed E-state index contributed by atoms with van der Waals surface area (Å²) in [5.74, 6) is -0.308. The molecule has 3 N–H and O–H groups in total. The normalized spacial score (nSPS) is 16.9. The minimum absolute atomic E-state index is 0.0317. The fraction of sp³-hybridized carbons (Fsp3) is 0.750. The molecular formula is C8H15N3O2. The number of nitrogens with two attached hydrogens (primary N) is 1. The fourth-order valence-corrected chi connectivity index (χ4v) is 1.34. The van der Waals surface area contributed by atoms with Crippen molar-refractivity contribution in [2.24, 2.45) is 5.73 Å². The number of hydrogen-bond acceptors (Lipinski definition) is 2. The largest absolute Gasteiger partial charge is 0.370 e. The van der Waals surface area contributed by atoms with Crippen LogP contribution in [0.4, 0.5) is 4.79 Å². The molecule has 0 atom stereocenters. The van der Waals surface area contributed by atoms with Crippen LogP contribution < -0.4 is 11.1 Å². The van der Waals surface area contributed by atoms with Crippen molar-refractivity contribution >= 4 is 11.9 Å². The van der Waals surface area contributed by atoms with E-state index < -0.39 is 0 Å². The van der Waals surface area contributed by atoms with Gasteiger partial charge in [0.25, 0.3) is 0 Å². The van der Waals surface area contributed by atoms with Crippen LogP contribution in [0, 0.1) is 0 Å². The first kappa shape index (κ1) is 9.83. The lowest BCUT2D eigenvalue weighted by Crippen LogP contribution is -2.46. The maximum atomic E-state index is 11.2. The number of nitrogens with zero attached hydrogens (tertiary/aromatic N) is 1. The molecule has 0 aromatic carbocycles. The lowest BCUT2D eigenvalue weighted by molar-refractivity contribution is -0.118. The predicted molar refractivity (Wildman–Crippen MR) is 48.0 cm³/mol. The van der Waals surface area contributed by atoms with Gasteiger partial charge in [-0.2, -0.15) is 0 Å². The molecule has 0 unspecified atom stereocenters. The molecule has 3 amide bonds. The van der Waals surface area contributed by atoms with Gasteiger partial charge in [0, 0.05) is 26.1 Å². The minimum atomic E-state index is -0.308. The second kappa shape index (κ2) is 4.69. The van der Waals surface area contributed by atoms with Gasteiger partial charge in [0.15, 0.2) is 0 Å². The summed E-state index contributed by atoms with van der Waals surface area (Å²) in [5, 5.41) is 2.74. The third-order valence-electron chi connectivity index (χ3n) is 2.02. The number of amides is 3. The Morgan fingerprint density at radius 2 is 2.38 bits per heavy atom. The van der Waals surface area contributed by atoms with E-state index in [0.29, 0.717) is 19.4 Å². The third-order valence-corrected chi connectivity index (χ3v) is 2.02. The van der Waals surface area contributed by atoms with Gasteiger partial charge >= 0.3 is 6.03 Å². The van der Waals surface area contributed by atoms with Crippen molar-refractivity contribution in [1.82, 2.24) is 10.2 Å². The molecule has 74 valence electrons. The first-order chi connectivity index (χ1) is 6.20. The summed E-state index contributed by atoms with van der Waals surface area (Å²) in [4.78, 5) is 23.3. The van der Waals surface area contributed by atoms with Crippen LogP contribution in [0.3, 0.4) is 0 Å². The van der Waals surface area contributed by atoms with Gasteiger partial charge in [0.2, 0.25) is 5.91 Å². The van der Waals surface area contributed by atoms with Crippen LogP contribution in [-0.4, -0.2) is 36.5 Å². The number of primary amides is 1. The second-order valence-corrected chi connectivity index (χ2v) is 3.14. The lowest BCUT2D eigenvalue weighted by atomic mass is 10.2. The van der Waals surface area contributed by atoms with Gasteiger partial charge in [-0.15, -0.1) is 0 Å². The van der Waals surface area contributed by atoms with E-state index in [4.69, 9.17) is 5.73 Å². The van der Waals surface area contributed by atoms with Crippen LogP contribution in [0.15, 0.2) is 0 Å². The van der Waals surface area contributed by atoms with Gasteiger partial charge in [0.1, 0.15) is 0 Å². The molecule has 0 aliphatic carbocycles. The molecule has 13 heavy (non-hydrogen) atoms. The highest BCUT2D eigenvalue weighted by atomic mass is 16.2. The van der Waals surface area contributed by atoms with Gasteiger partial charge in [0.05, 0.1) is 0 Å². The van der Waals surface area contributed by atoms with E-state index in [-0.39, 0.29) is 11.9 Å². The summed E-state index contributed by atoms with van der Waals surface area (Å²) in [6.45, 7) is 2.16. The molecular weight excluding hydrogens is 170 g/mol. The maximum Gasteiger partial charge on any atom is 0.317 e. The number of rotatable bonds is 4. The first-order valence-corrected chi connectivity index (χ1v) is 4.51. The summed E-state index contributed by atoms with van der Waals surface area (Å²) in [7, 11) is 0. The Hall–Kier alpha value is -1.26. The lowest BCUT2D eigenvalue weighted by Gasteiger charge is -2.27. The predicted octanol–water partition coefficient (Wildman–Crippen LogP) is -0.333. The fourth-order valence-electron chi connectivity index (χ4n) is 1.34. The van der Waals surface area contributed by atoms with Crippen LogP contribution in [0.2, 0.25) is 0 Å². The number of urea groups is 1. The SMILES string of the molecule is NC(=O)CCCN1CCCNC1=O. The van der Waals surface area contributed by atoms with Crippen molar-refractivity contribution in [2.75, 3.05) is 19.6 Å². The second-order valence-electron chi connectivity index (χ2n) is 3.14. The van der Waals surface area contributed by atoms with E-state index in [1.807, 2.05) is 0 Å². The molecule has 1 aliphatic rings. The van der Waals surface area contributed by atoms with E-state index >= 15 is 0 Å². The zero-order valence-corrected chi connectivity index (χ0v) is 7.58. The molecule has 0 aromatic rings. The third kappa shape index (κ3) is 3.31. The van der Waals surface area contributed by atoms with E-state index in [0.717, 1.165) is 19.5 Å². The standard InChI is InChI=1S/C8H15N3O2/c9-7(12)3-1-5-11-6-2-4-10-8(11)13/h1-6H2,(H2,9,12)(H,10,13). The van der Waals surface area contributed by atoms with Crippen molar-refractivity contribution in [3.63, 3.8) is 0 Å². The highest BCUT2D eigenvalue weighted by Gasteiger charge is 2.16. The van der Waals surface area contributed by atoms with Crippen LogP contribution in [0.25, 0.3) is 0 Å². The van der Waals surface area contributed by atoms with E-state index in [2.05, 4.69) is 5.32 Å². The highest BCUT2D eigenvalue weighted by Crippen LogP contribution is 2.01. The molecule has 1 saturated heterocycles. The van der Waals surface area contributed by atoms with Gasteiger partial charge in [-0.1, -0.05) is 0 Å². The van der Waals surface area contributed by atoms with Crippen LogP contribution in [-0.2, 0) is 4.79 Å². The zero-order valence-electron chi connectivity index (χ0n) is 7.58. The average Bonchev–Trinajstić information content (AvgIpc) is 2.08. The van der Waals surface area contributed by atoms with E-state index in [9.17, 15) is 9.59 Å². The first-order valence-electron chi connectivity index (χ1n) is 4.51. The van der Waals surface area contributed by atoms with Crippen LogP contribution in [0.5, 0.6) is 0 Å². The summed E-state index contributed by atoms with van der Waals surface area (Å²) in [6.07, 6.45) is 1.98. The molecule has 0 bridgehead atoms. The van der Waals surface area contributed by atoms with Gasteiger partial charge < -0.3 is 16.0 Å². The van der Waals surface area contributed by atoms with E-state index in [1.54, 1.807) is 4.90 Å². The van der Waals surface area contributed by atoms with Gasteiger partial charge in [-0.25, -0.2) is 4.79 Å². The molecule has 0 radical (unpaired) electrons. The van der Waals surface area contributed by atoms with Crippen molar-refractivity contribution in [2.45, 2.75) is 19.3 Å². The minimum Gasteiger partial charge on any atom is -0.370 e. The topological polar surface area (TPSA) is 75.4 Å². The van der Waals surface area contributed by atoms with Crippen molar-refractivity contribution < 1.29 is 9.59 Å². The Labute approximate surface area is 77.3 Å². The monoisotopic (exact) mass is 185 g/mol. The molecule has 0 saturated carbocycles. The molecule has 0 spiro atoms. The molecule has 5 heteroatoms. The summed E-state index contributed by atoms with van der Waals surface area (Å²) >= 11 is 0. The quantitative estimate of drug-likeness (QED) is 0.629. The zero-order chi connectivity index (χ0) is 9.68. The van der Waals surface area contributed by atoms with Crippen LogP contribution in [0.1, 0.15) is 19.3 Å². The Morgan fingerprint density at radius 3 is 3.00 bits per heavy atom. The Bertz CT molecular complexity index is 206. The molecule has 5 nitrogen and oxygen atoms in total. The summed E-state index contributed by atoms with van der Waals surface area (Å²) in [5.41, 5.74) is 4.98. The number of nitrogens with one attached hydrogen (secondary N) is 1. The summed E-state index contributed by atoms with van der Waals surface area (Å²) < 4.78 is 0. The molecule has 1 fully saturated rings. The molecule has 0 aromatic heterocycles. The van der Waals surface area contributed by atoms with Gasteiger partial charge in [-0.3, -0.25) is 4.79 Å².